The van der Waals surface area contributed by atoms with Gasteiger partial charge in [0.25, 0.3) is 0 Å². The van der Waals surface area contributed by atoms with Crippen molar-refractivity contribution in [3.63, 3.8) is 0 Å². The van der Waals surface area contributed by atoms with E-state index >= 15 is 0 Å². The van der Waals surface area contributed by atoms with Crippen LogP contribution >= 0.6 is 0 Å². The summed E-state index contributed by atoms with van der Waals surface area (Å²) in [7, 11) is 0. The van der Waals surface area contributed by atoms with Gasteiger partial charge in [0, 0.05) is 6.04 Å². The van der Waals surface area contributed by atoms with Gasteiger partial charge in [-0.1, -0.05) is 20.8 Å². The molecule has 1 rings (SSSR count). The smallest absolute Gasteiger partial charge is 0.00674 e. The van der Waals surface area contributed by atoms with E-state index in [4.69, 9.17) is 0 Å². The van der Waals surface area contributed by atoms with Crippen molar-refractivity contribution < 1.29 is 0 Å². The predicted octanol–water partition coefficient (Wildman–Crippen LogP) is 2.91. The van der Waals surface area contributed by atoms with Crippen molar-refractivity contribution in [1.29, 1.82) is 0 Å². The van der Waals surface area contributed by atoms with E-state index in [1.54, 1.807) is 0 Å². The van der Waals surface area contributed by atoms with Crippen molar-refractivity contribution in [2.24, 2.45) is 5.41 Å². The highest BCUT2D eigenvalue weighted by Crippen LogP contribution is 2.22. The average Bonchev–Trinajstić information content (AvgIpc) is 2.29. The number of hydrogen-bond acceptors (Lipinski definition) is 1. The van der Waals surface area contributed by atoms with Gasteiger partial charge >= 0.3 is 0 Å². The molecule has 12 heavy (non-hydrogen) atoms. The summed E-state index contributed by atoms with van der Waals surface area (Å²) in [6.45, 7) is 12.0. The van der Waals surface area contributed by atoms with E-state index in [9.17, 15) is 0 Å². The molecule has 0 aromatic carbocycles. The van der Waals surface area contributed by atoms with E-state index in [1.165, 1.54) is 32.4 Å². The van der Waals surface area contributed by atoms with Gasteiger partial charge in [0.1, 0.15) is 0 Å². The molecule has 1 heterocycles. The molecule has 1 nitrogen and oxygen atoms in total. The van der Waals surface area contributed by atoms with Crippen LogP contribution in [-0.2, 0) is 0 Å². The number of likely N-dealkylation sites (tertiary alicyclic amines) is 1. The van der Waals surface area contributed by atoms with E-state index in [1.807, 2.05) is 0 Å². The standard InChI is InChI=1S/C11H23N/c1-10-6-5-8-12(10)9-7-11(2,3)4/h10H,5-9H2,1-4H3/t10-/m1/s1. The Bertz CT molecular complexity index is 134. The molecule has 1 aliphatic rings. The van der Waals surface area contributed by atoms with Crippen molar-refractivity contribution in [3.8, 4) is 0 Å². The van der Waals surface area contributed by atoms with Crippen LogP contribution in [0.5, 0.6) is 0 Å². The summed E-state index contributed by atoms with van der Waals surface area (Å²) in [5.41, 5.74) is 0.502. The van der Waals surface area contributed by atoms with Gasteiger partial charge in [0.2, 0.25) is 0 Å². The summed E-state index contributed by atoms with van der Waals surface area (Å²) < 4.78 is 0. The van der Waals surface area contributed by atoms with Gasteiger partial charge in [0.15, 0.2) is 0 Å². The summed E-state index contributed by atoms with van der Waals surface area (Å²) in [6.07, 6.45) is 4.15. The van der Waals surface area contributed by atoms with Crippen molar-refractivity contribution in [2.45, 2.75) is 53.0 Å². The van der Waals surface area contributed by atoms with Gasteiger partial charge in [-0.3, -0.25) is 0 Å². The lowest BCUT2D eigenvalue weighted by molar-refractivity contribution is 0.223. The van der Waals surface area contributed by atoms with E-state index in [0.29, 0.717) is 5.41 Å². The first kappa shape index (κ1) is 10.0. The molecule has 0 N–H and O–H groups in total. The third-order valence-electron chi connectivity index (χ3n) is 2.84. The Labute approximate surface area is 77.1 Å². The van der Waals surface area contributed by atoms with E-state index < -0.39 is 0 Å². The van der Waals surface area contributed by atoms with Gasteiger partial charge in [-0.25, -0.2) is 0 Å². The highest BCUT2D eigenvalue weighted by Gasteiger charge is 2.21. The molecule has 0 amide bonds. The highest BCUT2D eigenvalue weighted by atomic mass is 15.2. The lowest BCUT2D eigenvalue weighted by atomic mass is 9.92. The van der Waals surface area contributed by atoms with Crippen LogP contribution in [-0.4, -0.2) is 24.0 Å². The summed E-state index contributed by atoms with van der Waals surface area (Å²) >= 11 is 0. The average molecular weight is 169 g/mol. The topological polar surface area (TPSA) is 3.24 Å². The van der Waals surface area contributed by atoms with Crippen LogP contribution in [0.3, 0.4) is 0 Å². The Morgan fingerprint density at radius 3 is 2.42 bits per heavy atom. The monoisotopic (exact) mass is 169 g/mol. The van der Waals surface area contributed by atoms with Crippen LogP contribution in [0.15, 0.2) is 0 Å². The molecule has 72 valence electrons. The van der Waals surface area contributed by atoms with E-state index in [0.717, 1.165) is 6.04 Å². The normalized spacial score (nSPS) is 26.5. The Morgan fingerprint density at radius 1 is 1.33 bits per heavy atom. The Kier molecular flexibility index (Phi) is 3.16. The second-order valence-electron chi connectivity index (χ2n) is 5.34. The Hall–Kier alpha value is -0.0400. The lowest BCUT2D eigenvalue weighted by Gasteiger charge is -2.26. The molecule has 1 saturated heterocycles. The van der Waals surface area contributed by atoms with Crippen molar-refractivity contribution in [2.75, 3.05) is 13.1 Å². The summed E-state index contributed by atoms with van der Waals surface area (Å²) in [5.74, 6) is 0. The first-order valence-corrected chi connectivity index (χ1v) is 5.23. The fourth-order valence-corrected chi connectivity index (χ4v) is 1.80. The molecular weight excluding hydrogens is 146 g/mol. The van der Waals surface area contributed by atoms with E-state index in [2.05, 4.69) is 32.6 Å². The van der Waals surface area contributed by atoms with Gasteiger partial charge < -0.3 is 4.90 Å². The molecule has 0 spiro atoms. The number of hydrogen-bond donors (Lipinski definition) is 0. The van der Waals surface area contributed by atoms with Crippen LogP contribution in [0.25, 0.3) is 0 Å². The molecule has 0 aliphatic carbocycles. The first-order chi connectivity index (χ1) is 5.49. The van der Waals surface area contributed by atoms with Crippen LogP contribution in [0.1, 0.15) is 47.0 Å². The second kappa shape index (κ2) is 3.78. The minimum absolute atomic E-state index is 0.502. The Balaban J connectivity index is 2.23. The van der Waals surface area contributed by atoms with E-state index in [-0.39, 0.29) is 0 Å². The maximum absolute atomic E-state index is 2.63. The number of rotatable bonds is 2. The minimum Gasteiger partial charge on any atom is -0.301 e. The molecule has 0 unspecified atom stereocenters. The van der Waals surface area contributed by atoms with Crippen LogP contribution < -0.4 is 0 Å². The molecule has 0 aromatic heterocycles. The fourth-order valence-electron chi connectivity index (χ4n) is 1.80. The second-order valence-corrected chi connectivity index (χ2v) is 5.34. The quantitative estimate of drug-likeness (QED) is 0.614. The zero-order chi connectivity index (χ0) is 9.19. The molecule has 1 fully saturated rings. The lowest BCUT2D eigenvalue weighted by Crippen LogP contribution is -2.30. The fraction of sp³-hybridized carbons (Fsp3) is 1.00. The molecule has 1 atom stereocenters. The van der Waals surface area contributed by atoms with Crippen molar-refractivity contribution in [3.05, 3.63) is 0 Å². The third-order valence-corrected chi connectivity index (χ3v) is 2.84. The Morgan fingerprint density at radius 2 is 2.00 bits per heavy atom. The molecule has 0 aromatic rings. The highest BCUT2D eigenvalue weighted by molar-refractivity contribution is 4.76. The van der Waals surface area contributed by atoms with Crippen LogP contribution in [0.2, 0.25) is 0 Å². The van der Waals surface area contributed by atoms with Gasteiger partial charge in [-0.15, -0.1) is 0 Å². The first-order valence-electron chi connectivity index (χ1n) is 5.23. The zero-order valence-electron chi connectivity index (χ0n) is 9.06. The summed E-state index contributed by atoms with van der Waals surface area (Å²) in [4.78, 5) is 2.63. The summed E-state index contributed by atoms with van der Waals surface area (Å²) in [6, 6.07) is 0.840. The van der Waals surface area contributed by atoms with Crippen molar-refractivity contribution in [1.82, 2.24) is 4.90 Å². The summed E-state index contributed by atoms with van der Waals surface area (Å²) in [5, 5.41) is 0. The largest absolute Gasteiger partial charge is 0.301 e. The molecule has 0 bridgehead atoms. The molecule has 0 radical (unpaired) electrons. The number of nitrogens with zero attached hydrogens (tertiary/aromatic N) is 1. The zero-order valence-corrected chi connectivity index (χ0v) is 9.06. The SMILES string of the molecule is C[C@@H]1CCCN1CCC(C)(C)C. The molecular formula is C11H23N. The van der Waals surface area contributed by atoms with Gasteiger partial charge in [0.05, 0.1) is 0 Å². The molecule has 0 saturated carbocycles. The van der Waals surface area contributed by atoms with Gasteiger partial charge in [-0.05, 0) is 44.7 Å². The van der Waals surface area contributed by atoms with Crippen LogP contribution in [0, 0.1) is 5.41 Å². The van der Waals surface area contributed by atoms with Gasteiger partial charge in [-0.2, -0.15) is 0 Å². The molecule has 1 heteroatoms. The molecule has 1 aliphatic heterocycles. The maximum atomic E-state index is 2.63. The third kappa shape index (κ3) is 3.14. The maximum Gasteiger partial charge on any atom is 0.00674 e. The van der Waals surface area contributed by atoms with Crippen LogP contribution in [0.4, 0.5) is 0 Å². The van der Waals surface area contributed by atoms with Crippen molar-refractivity contribution >= 4 is 0 Å². The minimum atomic E-state index is 0.502. The predicted molar refractivity (Wildman–Crippen MR) is 54.3 cm³/mol.